The quantitative estimate of drug-likeness (QED) is 0.768. The molecule has 22 heavy (non-hydrogen) atoms. The van der Waals surface area contributed by atoms with Crippen LogP contribution in [-0.2, 0) is 16.8 Å². The van der Waals surface area contributed by atoms with Gasteiger partial charge in [-0.3, -0.25) is 0 Å². The second-order valence-electron chi connectivity index (χ2n) is 5.31. The molecule has 1 aliphatic rings. The Kier molecular flexibility index (Phi) is 7.04. The van der Waals surface area contributed by atoms with Crippen molar-refractivity contribution in [3.05, 3.63) is 34.6 Å². The molecule has 0 amide bonds. The summed E-state index contributed by atoms with van der Waals surface area (Å²) in [6, 6.07) is 4.07. The van der Waals surface area contributed by atoms with Gasteiger partial charge in [-0.15, -0.1) is 12.4 Å². The Labute approximate surface area is 141 Å². The molecule has 0 bridgehead atoms. The number of nitrogens with zero attached hydrogens (tertiary/aromatic N) is 1. The van der Waals surface area contributed by atoms with Crippen molar-refractivity contribution in [1.82, 2.24) is 9.03 Å². The maximum atomic E-state index is 13.7. The molecule has 1 aromatic carbocycles. The van der Waals surface area contributed by atoms with Crippen LogP contribution in [0.15, 0.2) is 18.2 Å². The molecule has 2 rings (SSSR count). The van der Waals surface area contributed by atoms with Gasteiger partial charge in [0, 0.05) is 36.8 Å². The first-order valence-electron chi connectivity index (χ1n) is 6.70. The van der Waals surface area contributed by atoms with Crippen LogP contribution in [0.5, 0.6) is 0 Å². The van der Waals surface area contributed by atoms with E-state index in [1.54, 1.807) is 0 Å². The van der Waals surface area contributed by atoms with Gasteiger partial charge >= 0.3 is 0 Å². The van der Waals surface area contributed by atoms with E-state index in [4.69, 9.17) is 17.3 Å². The van der Waals surface area contributed by atoms with Crippen molar-refractivity contribution in [1.29, 1.82) is 0 Å². The van der Waals surface area contributed by atoms with Gasteiger partial charge in [0.25, 0.3) is 10.2 Å². The highest BCUT2D eigenvalue weighted by molar-refractivity contribution is 7.87. The van der Waals surface area contributed by atoms with E-state index < -0.39 is 16.0 Å². The lowest BCUT2D eigenvalue weighted by atomic mass is 10.2. The van der Waals surface area contributed by atoms with E-state index in [1.807, 2.05) is 0 Å². The Morgan fingerprint density at radius 2 is 2.14 bits per heavy atom. The predicted molar refractivity (Wildman–Crippen MR) is 87.7 cm³/mol. The number of hydrogen-bond acceptors (Lipinski definition) is 3. The van der Waals surface area contributed by atoms with Gasteiger partial charge in [0.2, 0.25) is 0 Å². The van der Waals surface area contributed by atoms with E-state index in [2.05, 4.69) is 4.72 Å². The van der Waals surface area contributed by atoms with Gasteiger partial charge in [0.15, 0.2) is 0 Å². The van der Waals surface area contributed by atoms with Crippen molar-refractivity contribution < 1.29 is 12.8 Å². The lowest BCUT2D eigenvalue weighted by Crippen LogP contribution is -2.44. The summed E-state index contributed by atoms with van der Waals surface area (Å²) < 4.78 is 41.3. The Balaban J connectivity index is 0.00000242. The number of halogens is 3. The topological polar surface area (TPSA) is 75.4 Å². The Hall–Kier alpha value is -0.440. The van der Waals surface area contributed by atoms with Crippen LogP contribution < -0.4 is 10.5 Å². The summed E-state index contributed by atoms with van der Waals surface area (Å²) in [7, 11) is -2.35. The third-order valence-corrected chi connectivity index (χ3v) is 5.42. The molecule has 0 heterocycles. The second kappa shape index (κ2) is 7.90. The second-order valence-corrected chi connectivity index (χ2v) is 7.58. The average Bonchev–Trinajstić information content (AvgIpc) is 3.24. The third-order valence-electron chi connectivity index (χ3n) is 3.58. The highest BCUT2D eigenvalue weighted by Gasteiger charge is 2.30. The normalized spacial score (nSPS) is 16.4. The Bertz CT molecular complexity index is 591. The van der Waals surface area contributed by atoms with Crippen molar-refractivity contribution in [3.8, 4) is 0 Å². The largest absolute Gasteiger partial charge is 0.326 e. The fourth-order valence-electron chi connectivity index (χ4n) is 1.99. The number of nitrogens with one attached hydrogen (secondary N) is 1. The molecular formula is C13H20Cl2FN3O2S. The molecule has 0 aromatic heterocycles. The summed E-state index contributed by atoms with van der Waals surface area (Å²) in [5, 5.41) is 0.201. The smallest absolute Gasteiger partial charge is 0.279 e. The molecular weight excluding hydrogens is 352 g/mol. The standard InChI is InChI=1S/C13H19ClFN3O2S.ClH/c1-18(8-10-11(14)3-2-4-12(10)15)21(19,20)17-7-13(16)9-5-6-9;/h2-4,9,13,17H,5-8,16H2,1H3;1H. The highest BCUT2D eigenvalue weighted by atomic mass is 35.5. The third kappa shape index (κ3) is 5.04. The van der Waals surface area contributed by atoms with Crippen molar-refractivity contribution >= 4 is 34.2 Å². The highest BCUT2D eigenvalue weighted by Crippen LogP contribution is 2.31. The van der Waals surface area contributed by atoms with Crippen LogP contribution in [0, 0.1) is 11.7 Å². The van der Waals surface area contributed by atoms with Crippen LogP contribution in [0.4, 0.5) is 4.39 Å². The fourth-order valence-corrected chi connectivity index (χ4v) is 3.14. The van der Waals surface area contributed by atoms with Crippen molar-refractivity contribution in [2.24, 2.45) is 11.7 Å². The number of hydrogen-bond donors (Lipinski definition) is 2. The molecule has 0 saturated heterocycles. The molecule has 1 aromatic rings. The minimum Gasteiger partial charge on any atom is -0.326 e. The minimum atomic E-state index is -3.71. The lowest BCUT2D eigenvalue weighted by molar-refractivity contribution is 0.440. The predicted octanol–water partition coefficient (Wildman–Crippen LogP) is 1.90. The molecule has 1 saturated carbocycles. The van der Waals surface area contributed by atoms with Crippen LogP contribution >= 0.6 is 24.0 Å². The van der Waals surface area contributed by atoms with E-state index in [0.717, 1.165) is 17.1 Å². The maximum absolute atomic E-state index is 13.7. The van der Waals surface area contributed by atoms with Crippen LogP contribution in [0.25, 0.3) is 0 Å². The van der Waals surface area contributed by atoms with Gasteiger partial charge in [-0.05, 0) is 30.9 Å². The minimum absolute atomic E-state index is 0. The lowest BCUT2D eigenvalue weighted by Gasteiger charge is -2.20. The summed E-state index contributed by atoms with van der Waals surface area (Å²) >= 11 is 5.90. The number of rotatable bonds is 7. The summed E-state index contributed by atoms with van der Waals surface area (Å²) in [6.07, 6.45) is 2.09. The molecule has 0 radical (unpaired) electrons. The van der Waals surface area contributed by atoms with Gasteiger partial charge in [0.05, 0.1) is 0 Å². The zero-order valence-corrected chi connectivity index (χ0v) is 14.5. The molecule has 1 atom stereocenters. The van der Waals surface area contributed by atoms with Crippen LogP contribution in [0.1, 0.15) is 18.4 Å². The van der Waals surface area contributed by atoms with Gasteiger partial charge in [0.1, 0.15) is 5.82 Å². The zero-order valence-electron chi connectivity index (χ0n) is 12.1. The molecule has 9 heteroatoms. The Morgan fingerprint density at radius 3 is 2.68 bits per heavy atom. The average molecular weight is 372 g/mol. The first-order chi connectivity index (χ1) is 9.81. The van der Waals surface area contributed by atoms with E-state index >= 15 is 0 Å². The van der Waals surface area contributed by atoms with Gasteiger partial charge in [-0.1, -0.05) is 17.7 Å². The molecule has 126 valence electrons. The summed E-state index contributed by atoms with van der Waals surface area (Å²) in [6.45, 7) is 0.0435. The van der Waals surface area contributed by atoms with E-state index in [-0.39, 0.29) is 42.1 Å². The fraction of sp³-hybridized carbons (Fsp3) is 0.538. The van der Waals surface area contributed by atoms with E-state index in [9.17, 15) is 12.8 Å². The SMILES string of the molecule is CN(Cc1c(F)cccc1Cl)S(=O)(=O)NCC(N)C1CC1.Cl. The van der Waals surface area contributed by atoms with Crippen molar-refractivity contribution in [2.75, 3.05) is 13.6 Å². The van der Waals surface area contributed by atoms with Gasteiger partial charge in [-0.25, -0.2) is 9.11 Å². The molecule has 1 unspecified atom stereocenters. The zero-order chi connectivity index (χ0) is 15.6. The molecule has 1 fully saturated rings. The van der Waals surface area contributed by atoms with Crippen molar-refractivity contribution in [2.45, 2.75) is 25.4 Å². The first kappa shape index (κ1) is 19.6. The molecule has 5 nitrogen and oxygen atoms in total. The maximum Gasteiger partial charge on any atom is 0.279 e. The summed E-state index contributed by atoms with van der Waals surface area (Å²) in [4.78, 5) is 0. The van der Waals surface area contributed by atoms with E-state index in [0.29, 0.717) is 5.92 Å². The summed E-state index contributed by atoms with van der Waals surface area (Å²) in [5.74, 6) is -0.127. The number of nitrogens with two attached hydrogens (primary N) is 1. The first-order valence-corrected chi connectivity index (χ1v) is 8.52. The van der Waals surface area contributed by atoms with E-state index in [1.165, 1.54) is 25.2 Å². The van der Waals surface area contributed by atoms with Gasteiger partial charge in [-0.2, -0.15) is 12.7 Å². The van der Waals surface area contributed by atoms with Crippen LogP contribution in [0.3, 0.4) is 0 Å². The van der Waals surface area contributed by atoms with Crippen molar-refractivity contribution in [3.63, 3.8) is 0 Å². The number of benzene rings is 1. The molecule has 0 spiro atoms. The molecule has 1 aliphatic carbocycles. The Morgan fingerprint density at radius 1 is 1.50 bits per heavy atom. The summed E-state index contributed by atoms with van der Waals surface area (Å²) in [5.41, 5.74) is 6.01. The van der Waals surface area contributed by atoms with Crippen LogP contribution in [0.2, 0.25) is 5.02 Å². The molecule has 3 N–H and O–H groups in total. The monoisotopic (exact) mass is 371 g/mol. The van der Waals surface area contributed by atoms with Gasteiger partial charge < -0.3 is 5.73 Å². The molecule has 0 aliphatic heterocycles. The van der Waals surface area contributed by atoms with Crippen LogP contribution in [-0.4, -0.2) is 32.4 Å².